The molecule has 5 nitrogen and oxygen atoms in total. The minimum absolute atomic E-state index is 0.244. The summed E-state index contributed by atoms with van der Waals surface area (Å²) in [5.74, 6) is -0.996. The first-order valence-corrected chi connectivity index (χ1v) is 5.24. The predicted octanol–water partition coefficient (Wildman–Crippen LogP) is 0.643. The number of amides is 1. The van der Waals surface area contributed by atoms with Crippen LogP contribution in [0.5, 0.6) is 0 Å². The van der Waals surface area contributed by atoms with Gasteiger partial charge in [-0.25, -0.2) is 4.79 Å². The lowest BCUT2D eigenvalue weighted by Gasteiger charge is -2.10. The number of rotatable bonds is 4. The topological polar surface area (TPSA) is 75.6 Å². The lowest BCUT2D eigenvalue weighted by atomic mass is 10.1. The molecular weight excluding hydrogens is 222 g/mol. The van der Waals surface area contributed by atoms with Crippen molar-refractivity contribution in [2.45, 2.75) is 13.0 Å². The molecule has 92 valence electrons. The van der Waals surface area contributed by atoms with Gasteiger partial charge in [0.15, 0.2) is 6.10 Å². The highest BCUT2D eigenvalue weighted by molar-refractivity contribution is 5.94. The minimum atomic E-state index is -1.37. The molecule has 1 aromatic rings. The number of aliphatic hydroxyl groups excluding tert-OH is 1. The van der Waals surface area contributed by atoms with Crippen LogP contribution in [0.3, 0.4) is 0 Å². The van der Waals surface area contributed by atoms with Gasteiger partial charge in [-0.05, 0) is 24.6 Å². The standard InChI is InChI=1S/C12H15NO4/c1-3-13-11(15)9-6-4-5-8(7-9)10(14)12(16)17-2/h4-7,10,14H,3H2,1-2H3,(H,13,15). The lowest BCUT2D eigenvalue weighted by Crippen LogP contribution is -2.23. The Labute approximate surface area is 99.4 Å². The Balaban J connectivity index is 2.93. The first-order valence-electron chi connectivity index (χ1n) is 5.24. The summed E-state index contributed by atoms with van der Waals surface area (Å²) in [5.41, 5.74) is 0.730. The first-order chi connectivity index (χ1) is 8.10. The van der Waals surface area contributed by atoms with Crippen molar-refractivity contribution in [2.75, 3.05) is 13.7 Å². The summed E-state index contributed by atoms with van der Waals surface area (Å²) in [6.07, 6.45) is -1.37. The highest BCUT2D eigenvalue weighted by Gasteiger charge is 2.18. The molecule has 5 heteroatoms. The third-order valence-electron chi connectivity index (χ3n) is 2.23. The fraction of sp³-hybridized carbons (Fsp3) is 0.333. The second-order valence-electron chi connectivity index (χ2n) is 3.41. The van der Waals surface area contributed by atoms with Gasteiger partial charge in [-0.1, -0.05) is 12.1 Å². The number of methoxy groups -OCH3 is 1. The molecule has 17 heavy (non-hydrogen) atoms. The van der Waals surface area contributed by atoms with E-state index in [9.17, 15) is 14.7 Å². The number of carbonyl (C=O) groups is 2. The van der Waals surface area contributed by atoms with Gasteiger partial charge < -0.3 is 15.2 Å². The smallest absolute Gasteiger partial charge is 0.339 e. The minimum Gasteiger partial charge on any atom is -0.467 e. The summed E-state index contributed by atoms with van der Waals surface area (Å²) < 4.78 is 4.42. The van der Waals surface area contributed by atoms with E-state index in [1.54, 1.807) is 18.2 Å². The van der Waals surface area contributed by atoms with Gasteiger partial charge in [0.1, 0.15) is 0 Å². The van der Waals surface area contributed by atoms with Crippen LogP contribution in [0.25, 0.3) is 0 Å². The van der Waals surface area contributed by atoms with Gasteiger partial charge in [-0.15, -0.1) is 0 Å². The van der Waals surface area contributed by atoms with Gasteiger partial charge in [-0.3, -0.25) is 4.79 Å². The molecule has 0 aliphatic rings. The van der Waals surface area contributed by atoms with Crippen LogP contribution in [0.2, 0.25) is 0 Å². The summed E-state index contributed by atoms with van der Waals surface area (Å²) in [5, 5.41) is 12.3. The molecule has 0 heterocycles. The molecule has 0 radical (unpaired) electrons. The zero-order chi connectivity index (χ0) is 12.8. The van der Waals surface area contributed by atoms with Crippen LogP contribution in [0.15, 0.2) is 24.3 Å². The molecule has 1 aromatic carbocycles. The summed E-state index contributed by atoms with van der Waals surface area (Å²) in [4.78, 5) is 22.7. The van der Waals surface area contributed by atoms with Crippen molar-refractivity contribution in [1.29, 1.82) is 0 Å². The monoisotopic (exact) mass is 237 g/mol. The molecule has 1 amide bonds. The zero-order valence-corrected chi connectivity index (χ0v) is 9.77. The van der Waals surface area contributed by atoms with E-state index >= 15 is 0 Å². The summed E-state index contributed by atoms with van der Waals surface area (Å²) in [7, 11) is 1.19. The molecule has 0 fully saturated rings. The van der Waals surface area contributed by atoms with Crippen molar-refractivity contribution in [3.05, 3.63) is 35.4 Å². The van der Waals surface area contributed by atoms with Crippen molar-refractivity contribution >= 4 is 11.9 Å². The summed E-state index contributed by atoms with van der Waals surface area (Å²) in [6, 6.07) is 6.24. The van der Waals surface area contributed by atoms with Crippen molar-refractivity contribution in [2.24, 2.45) is 0 Å². The molecule has 2 N–H and O–H groups in total. The number of hydrogen-bond acceptors (Lipinski definition) is 4. The summed E-state index contributed by atoms with van der Waals surface area (Å²) >= 11 is 0. The van der Waals surface area contributed by atoms with Crippen molar-refractivity contribution < 1.29 is 19.4 Å². The van der Waals surface area contributed by atoms with Crippen LogP contribution in [0.4, 0.5) is 0 Å². The number of carbonyl (C=O) groups excluding carboxylic acids is 2. The molecule has 1 unspecified atom stereocenters. The molecule has 1 atom stereocenters. The third-order valence-corrected chi connectivity index (χ3v) is 2.23. The Hall–Kier alpha value is -1.88. The van der Waals surface area contributed by atoms with E-state index in [2.05, 4.69) is 10.1 Å². The lowest BCUT2D eigenvalue weighted by molar-refractivity contribution is -0.150. The molecular formula is C12H15NO4. The second kappa shape index (κ2) is 6.00. The van der Waals surface area contributed by atoms with E-state index in [-0.39, 0.29) is 5.91 Å². The van der Waals surface area contributed by atoms with Gasteiger partial charge in [0.05, 0.1) is 7.11 Å². The van der Waals surface area contributed by atoms with Crippen LogP contribution in [-0.2, 0) is 9.53 Å². The summed E-state index contributed by atoms with van der Waals surface area (Å²) in [6.45, 7) is 2.33. The predicted molar refractivity (Wildman–Crippen MR) is 61.4 cm³/mol. The Morgan fingerprint density at radius 2 is 2.18 bits per heavy atom. The van der Waals surface area contributed by atoms with Gasteiger partial charge in [0.2, 0.25) is 0 Å². The van der Waals surface area contributed by atoms with Gasteiger partial charge in [0, 0.05) is 12.1 Å². The second-order valence-corrected chi connectivity index (χ2v) is 3.41. The van der Waals surface area contributed by atoms with Crippen LogP contribution >= 0.6 is 0 Å². The van der Waals surface area contributed by atoms with E-state index in [0.717, 1.165) is 0 Å². The Bertz CT molecular complexity index is 417. The Morgan fingerprint density at radius 1 is 1.47 bits per heavy atom. The van der Waals surface area contributed by atoms with Gasteiger partial charge in [0.25, 0.3) is 5.91 Å². The number of ether oxygens (including phenoxy) is 1. The van der Waals surface area contributed by atoms with Crippen LogP contribution < -0.4 is 5.32 Å². The molecule has 0 aliphatic carbocycles. The number of esters is 1. The van der Waals surface area contributed by atoms with Gasteiger partial charge >= 0.3 is 5.97 Å². The van der Waals surface area contributed by atoms with Crippen LogP contribution in [0.1, 0.15) is 28.9 Å². The average Bonchev–Trinajstić information content (AvgIpc) is 2.37. The fourth-order valence-electron chi connectivity index (χ4n) is 1.36. The number of aliphatic hydroxyl groups is 1. The third kappa shape index (κ3) is 3.29. The Morgan fingerprint density at radius 3 is 2.76 bits per heavy atom. The van der Waals surface area contributed by atoms with Crippen LogP contribution in [-0.4, -0.2) is 30.6 Å². The van der Waals surface area contributed by atoms with Crippen molar-refractivity contribution in [1.82, 2.24) is 5.32 Å². The highest BCUT2D eigenvalue weighted by atomic mass is 16.5. The van der Waals surface area contributed by atoms with E-state index in [4.69, 9.17) is 0 Å². The first kappa shape index (κ1) is 13.2. The molecule has 0 bridgehead atoms. The SMILES string of the molecule is CCNC(=O)c1cccc(C(O)C(=O)OC)c1. The van der Waals surface area contributed by atoms with E-state index in [1.807, 2.05) is 6.92 Å². The number of hydrogen-bond donors (Lipinski definition) is 2. The largest absolute Gasteiger partial charge is 0.467 e. The average molecular weight is 237 g/mol. The van der Waals surface area contributed by atoms with Crippen molar-refractivity contribution in [3.8, 4) is 0 Å². The quantitative estimate of drug-likeness (QED) is 0.754. The van der Waals surface area contributed by atoms with E-state index in [1.165, 1.54) is 13.2 Å². The van der Waals surface area contributed by atoms with Crippen molar-refractivity contribution in [3.63, 3.8) is 0 Å². The molecule has 0 aromatic heterocycles. The molecule has 0 spiro atoms. The highest BCUT2D eigenvalue weighted by Crippen LogP contribution is 2.15. The van der Waals surface area contributed by atoms with E-state index in [0.29, 0.717) is 17.7 Å². The fourth-order valence-corrected chi connectivity index (χ4v) is 1.36. The van der Waals surface area contributed by atoms with Crippen LogP contribution in [0, 0.1) is 0 Å². The number of nitrogens with one attached hydrogen (secondary N) is 1. The maximum atomic E-state index is 11.5. The molecule has 1 rings (SSSR count). The zero-order valence-electron chi connectivity index (χ0n) is 9.77. The normalized spacial score (nSPS) is 11.7. The maximum absolute atomic E-state index is 11.5. The molecule has 0 saturated carbocycles. The van der Waals surface area contributed by atoms with Gasteiger partial charge in [-0.2, -0.15) is 0 Å². The molecule has 0 saturated heterocycles. The number of benzene rings is 1. The maximum Gasteiger partial charge on any atom is 0.339 e. The Kier molecular flexibility index (Phi) is 4.66. The molecule has 0 aliphatic heterocycles. The van der Waals surface area contributed by atoms with E-state index < -0.39 is 12.1 Å².